The molecule has 94 valence electrons. The second kappa shape index (κ2) is 5.82. The zero-order valence-electron chi connectivity index (χ0n) is 11.0. The van der Waals surface area contributed by atoms with Gasteiger partial charge in [0, 0.05) is 11.6 Å². The third kappa shape index (κ3) is 2.98. The highest BCUT2D eigenvalue weighted by Crippen LogP contribution is 2.39. The summed E-state index contributed by atoms with van der Waals surface area (Å²) in [6.07, 6.45) is 7.85. The topological polar surface area (TPSA) is 36.1 Å². The van der Waals surface area contributed by atoms with Crippen molar-refractivity contribution in [2.45, 2.75) is 45.1 Å². The van der Waals surface area contributed by atoms with Crippen molar-refractivity contribution in [1.29, 1.82) is 5.26 Å². The van der Waals surface area contributed by atoms with E-state index in [1.807, 2.05) is 36.5 Å². The van der Waals surface area contributed by atoms with E-state index in [-0.39, 0.29) is 11.5 Å². The highest BCUT2D eigenvalue weighted by Gasteiger charge is 2.35. The van der Waals surface area contributed by atoms with Crippen molar-refractivity contribution in [3.05, 3.63) is 35.9 Å². The van der Waals surface area contributed by atoms with Gasteiger partial charge in [0.2, 0.25) is 0 Å². The molecule has 0 N–H and O–H groups in total. The lowest BCUT2D eigenvalue weighted by Crippen LogP contribution is -2.32. The fraction of sp³-hybridized carbons (Fsp3) is 0.500. The van der Waals surface area contributed by atoms with Crippen molar-refractivity contribution in [2.75, 3.05) is 0 Å². The summed E-state index contributed by atoms with van der Waals surface area (Å²) in [6, 6.07) is 12.2. The number of nitrogens with zero attached hydrogens (tertiary/aromatic N) is 2. The maximum Gasteiger partial charge on any atom is 0.141 e. The summed E-state index contributed by atoms with van der Waals surface area (Å²) in [5, 5.41) is 9.36. The van der Waals surface area contributed by atoms with Crippen LogP contribution in [-0.4, -0.2) is 12.3 Å². The summed E-state index contributed by atoms with van der Waals surface area (Å²) in [7, 11) is 0. The summed E-state index contributed by atoms with van der Waals surface area (Å²) < 4.78 is 0. The molecule has 0 radical (unpaired) electrons. The molecular weight excluding hydrogens is 220 g/mol. The molecule has 0 spiro atoms. The average Bonchev–Trinajstić information content (AvgIpc) is 2.41. The zero-order valence-corrected chi connectivity index (χ0v) is 11.0. The Kier molecular flexibility index (Phi) is 4.15. The number of aliphatic imine (C=N–C) groups is 1. The van der Waals surface area contributed by atoms with Crippen molar-refractivity contribution >= 4 is 6.21 Å². The molecule has 1 atom stereocenters. The van der Waals surface area contributed by atoms with Gasteiger partial charge < -0.3 is 0 Å². The minimum absolute atomic E-state index is 0.0677. The van der Waals surface area contributed by atoms with Gasteiger partial charge in [-0.25, -0.2) is 0 Å². The van der Waals surface area contributed by atoms with E-state index < -0.39 is 0 Å². The molecule has 2 nitrogen and oxygen atoms in total. The van der Waals surface area contributed by atoms with Crippen LogP contribution in [0.4, 0.5) is 0 Å². The minimum Gasteiger partial charge on any atom is -0.273 e. The van der Waals surface area contributed by atoms with Crippen LogP contribution in [-0.2, 0) is 0 Å². The van der Waals surface area contributed by atoms with Crippen LogP contribution >= 0.6 is 0 Å². The third-order valence-corrected chi connectivity index (χ3v) is 3.95. The van der Waals surface area contributed by atoms with E-state index in [0.717, 1.165) is 18.4 Å². The fourth-order valence-corrected chi connectivity index (χ4v) is 2.70. The lowest BCUT2D eigenvalue weighted by atomic mass is 9.71. The molecule has 0 bridgehead atoms. The number of benzene rings is 1. The van der Waals surface area contributed by atoms with E-state index in [4.69, 9.17) is 0 Å². The molecule has 1 aliphatic rings. The van der Waals surface area contributed by atoms with Gasteiger partial charge in [-0.05, 0) is 18.4 Å². The van der Waals surface area contributed by atoms with E-state index in [1.54, 1.807) is 0 Å². The Balaban J connectivity index is 2.10. The fourth-order valence-electron chi connectivity index (χ4n) is 2.70. The maximum absolute atomic E-state index is 9.36. The first-order valence-electron chi connectivity index (χ1n) is 6.72. The first-order valence-corrected chi connectivity index (χ1v) is 6.72. The molecule has 0 aliphatic heterocycles. The van der Waals surface area contributed by atoms with Gasteiger partial charge in [0.15, 0.2) is 0 Å². The molecule has 0 amide bonds. The lowest BCUT2D eigenvalue weighted by Gasteiger charge is -2.35. The Morgan fingerprint density at radius 2 is 1.89 bits per heavy atom. The van der Waals surface area contributed by atoms with Gasteiger partial charge in [0.05, 0.1) is 6.07 Å². The van der Waals surface area contributed by atoms with Crippen molar-refractivity contribution in [1.82, 2.24) is 0 Å². The molecule has 1 aromatic rings. The predicted molar refractivity (Wildman–Crippen MR) is 74.6 cm³/mol. The van der Waals surface area contributed by atoms with Gasteiger partial charge >= 0.3 is 0 Å². The Bertz CT molecular complexity index is 436. The van der Waals surface area contributed by atoms with Crippen LogP contribution in [0.2, 0.25) is 0 Å². The van der Waals surface area contributed by atoms with Crippen LogP contribution in [0.3, 0.4) is 0 Å². The Morgan fingerprint density at radius 1 is 1.22 bits per heavy atom. The molecule has 0 aromatic heterocycles. The van der Waals surface area contributed by atoms with E-state index in [2.05, 4.69) is 18.0 Å². The van der Waals surface area contributed by atoms with Crippen molar-refractivity contribution in [3.63, 3.8) is 0 Å². The summed E-state index contributed by atoms with van der Waals surface area (Å²) in [5.41, 5.74) is 1.13. The lowest BCUT2D eigenvalue weighted by molar-refractivity contribution is 0.197. The molecular formula is C16H20N2. The summed E-state index contributed by atoms with van der Waals surface area (Å²) in [5.74, 6) is 0. The quantitative estimate of drug-likeness (QED) is 0.736. The molecule has 1 aromatic carbocycles. The van der Waals surface area contributed by atoms with Gasteiger partial charge in [0.1, 0.15) is 6.04 Å². The van der Waals surface area contributed by atoms with Crippen LogP contribution in [0.15, 0.2) is 35.3 Å². The third-order valence-electron chi connectivity index (χ3n) is 3.95. The van der Waals surface area contributed by atoms with E-state index >= 15 is 0 Å². The molecule has 2 rings (SSSR count). The van der Waals surface area contributed by atoms with Gasteiger partial charge in [-0.3, -0.25) is 4.99 Å². The van der Waals surface area contributed by atoms with Gasteiger partial charge in [-0.2, -0.15) is 5.26 Å². The molecule has 1 saturated carbocycles. The standard InChI is InChI=1S/C16H20N2/c1-16(10-6-3-7-11-16)15(12-17)18-13-14-8-4-2-5-9-14/h2,4-5,8-9,13,15H,3,6-7,10-11H2,1H3/t15-/m1/s1. The Morgan fingerprint density at radius 3 is 2.50 bits per heavy atom. The summed E-state index contributed by atoms with van der Waals surface area (Å²) >= 11 is 0. The summed E-state index contributed by atoms with van der Waals surface area (Å²) in [6.45, 7) is 2.21. The molecule has 0 saturated heterocycles. The monoisotopic (exact) mass is 240 g/mol. The van der Waals surface area contributed by atoms with Crippen LogP contribution in [0.25, 0.3) is 0 Å². The van der Waals surface area contributed by atoms with E-state index in [9.17, 15) is 5.26 Å². The number of hydrogen-bond acceptors (Lipinski definition) is 2. The molecule has 2 heteroatoms. The van der Waals surface area contributed by atoms with Crippen LogP contribution in [0.5, 0.6) is 0 Å². The van der Waals surface area contributed by atoms with Crippen molar-refractivity contribution in [2.24, 2.45) is 10.4 Å². The molecule has 1 fully saturated rings. The number of hydrogen-bond donors (Lipinski definition) is 0. The van der Waals surface area contributed by atoms with Crippen molar-refractivity contribution < 1.29 is 0 Å². The van der Waals surface area contributed by atoms with Gasteiger partial charge in [-0.15, -0.1) is 0 Å². The van der Waals surface area contributed by atoms with Crippen LogP contribution < -0.4 is 0 Å². The highest BCUT2D eigenvalue weighted by molar-refractivity contribution is 5.79. The predicted octanol–water partition coefficient (Wildman–Crippen LogP) is 3.97. The molecule has 0 unspecified atom stereocenters. The molecule has 18 heavy (non-hydrogen) atoms. The molecule has 1 aliphatic carbocycles. The van der Waals surface area contributed by atoms with Crippen molar-refractivity contribution in [3.8, 4) is 6.07 Å². The largest absolute Gasteiger partial charge is 0.273 e. The Hall–Kier alpha value is -1.62. The zero-order chi connectivity index (χ0) is 12.8. The molecule has 0 heterocycles. The maximum atomic E-state index is 9.36. The first-order chi connectivity index (χ1) is 8.74. The first kappa shape index (κ1) is 12.8. The van der Waals surface area contributed by atoms with E-state index in [1.165, 1.54) is 19.3 Å². The van der Waals surface area contributed by atoms with Gasteiger partial charge in [0.25, 0.3) is 0 Å². The SMILES string of the molecule is CC1([C@@H](C#N)N=Cc2ccccc2)CCCCC1. The van der Waals surface area contributed by atoms with E-state index in [0.29, 0.717) is 0 Å². The van der Waals surface area contributed by atoms with Crippen LogP contribution in [0, 0.1) is 16.7 Å². The second-order valence-corrected chi connectivity index (χ2v) is 5.44. The minimum atomic E-state index is -0.210. The normalized spacial score (nSPS) is 20.4. The number of nitriles is 1. The smallest absolute Gasteiger partial charge is 0.141 e. The highest BCUT2D eigenvalue weighted by atomic mass is 14.8. The Labute approximate surface area is 109 Å². The summed E-state index contributed by atoms with van der Waals surface area (Å²) in [4.78, 5) is 4.52. The average molecular weight is 240 g/mol. The van der Waals surface area contributed by atoms with Gasteiger partial charge in [-0.1, -0.05) is 56.5 Å². The second-order valence-electron chi connectivity index (χ2n) is 5.44. The number of rotatable bonds is 3. The van der Waals surface area contributed by atoms with Crippen LogP contribution in [0.1, 0.15) is 44.6 Å².